The van der Waals surface area contributed by atoms with Crippen molar-refractivity contribution in [3.8, 4) is 0 Å². The molecule has 2 nitrogen and oxygen atoms in total. The predicted octanol–water partition coefficient (Wildman–Crippen LogP) is 2.35. The van der Waals surface area contributed by atoms with Crippen molar-refractivity contribution in [2.24, 2.45) is 0 Å². The topological polar surface area (TPSA) is 26.3 Å². The molecule has 0 rings (SSSR count). The van der Waals surface area contributed by atoms with E-state index in [0.29, 0.717) is 13.0 Å². The van der Waals surface area contributed by atoms with Crippen molar-refractivity contribution >= 4 is 17.6 Å². The maximum absolute atomic E-state index is 11.1. The van der Waals surface area contributed by atoms with Crippen LogP contribution in [0.25, 0.3) is 0 Å². The molecule has 0 N–H and O–H groups in total. The van der Waals surface area contributed by atoms with Crippen molar-refractivity contribution < 1.29 is 9.53 Å². The summed E-state index contributed by atoms with van der Waals surface area (Å²) in [5, 5.41) is 0. The van der Waals surface area contributed by atoms with Crippen LogP contribution in [0.5, 0.6) is 0 Å². The molecule has 66 valence electrons. The molecule has 0 aromatic rings. The van der Waals surface area contributed by atoms with Gasteiger partial charge in [-0.05, 0) is 19.8 Å². The van der Waals surface area contributed by atoms with Crippen LogP contribution >= 0.6 is 11.6 Å². The smallest absolute Gasteiger partial charge is 0.326 e. The van der Waals surface area contributed by atoms with Crippen LogP contribution in [0.1, 0.15) is 33.6 Å². The second-order valence-corrected chi connectivity index (χ2v) is 3.52. The number of esters is 1. The van der Waals surface area contributed by atoms with Crippen molar-refractivity contribution in [3.63, 3.8) is 0 Å². The lowest BCUT2D eigenvalue weighted by Gasteiger charge is -2.17. The van der Waals surface area contributed by atoms with E-state index in [4.69, 9.17) is 16.3 Å². The first kappa shape index (κ1) is 10.8. The minimum atomic E-state index is -0.838. The van der Waals surface area contributed by atoms with Crippen LogP contribution in [-0.4, -0.2) is 17.5 Å². The first-order chi connectivity index (χ1) is 5.04. The van der Waals surface area contributed by atoms with Crippen LogP contribution in [0.15, 0.2) is 0 Å². The van der Waals surface area contributed by atoms with Crippen molar-refractivity contribution in [3.05, 3.63) is 0 Å². The van der Waals surface area contributed by atoms with Crippen LogP contribution in [0, 0.1) is 0 Å². The number of halogens is 1. The molecule has 0 fully saturated rings. The van der Waals surface area contributed by atoms with Gasteiger partial charge in [-0.15, -0.1) is 11.6 Å². The van der Waals surface area contributed by atoms with Gasteiger partial charge in [-0.1, -0.05) is 13.8 Å². The molecule has 0 amide bonds. The van der Waals surface area contributed by atoms with Gasteiger partial charge in [0.1, 0.15) is 4.87 Å². The summed E-state index contributed by atoms with van der Waals surface area (Å²) < 4.78 is 4.88. The molecule has 0 aliphatic carbocycles. The monoisotopic (exact) mass is 178 g/mol. The largest absolute Gasteiger partial charge is 0.464 e. The molecule has 0 aliphatic rings. The molecule has 0 heterocycles. The summed E-state index contributed by atoms with van der Waals surface area (Å²) in [6.07, 6.45) is 1.43. The Bertz CT molecular complexity index is 132. The zero-order valence-corrected chi connectivity index (χ0v) is 8.07. The highest BCUT2D eigenvalue weighted by Crippen LogP contribution is 2.20. The summed E-state index contributed by atoms with van der Waals surface area (Å²) in [7, 11) is 0. The molecular formula is C8H15ClO2. The van der Waals surface area contributed by atoms with E-state index < -0.39 is 4.87 Å². The Labute approximate surface area is 72.9 Å². The Hall–Kier alpha value is -0.240. The summed E-state index contributed by atoms with van der Waals surface area (Å²) in [5.41, 5.74) is 0. The SMILES string of the molecule is CCCOC(=O)C(C)(Cl)CC. The molecule has 11 heavy (non-hydrogen) atoms. The molecule has 0 spiro atoms. The minimum Gasteiger partial charge on any atom is -0.464 e. The third kappa shape index (κ3) is 3.61. The summed E-state index contributed by atoms with van der Waals surface area (Å²) in [6, 6.07) is 0. The van der Waals surface area contributed by atoms with E-state index in [0.717, 1.165) is 6.42 Å². The number of rotatable bonds is 4. The summed E-state index contributed by atoms with van der Waals surface area (Å²) >= 11 is 5.83. The first-order valence-electron chi connectivity index (χ1n) is 3.90. The summed E-state index contributed by atoms with van der Waals surface area (Å²) in [4.78, 5) is 10.3. The van der Waals surface area contributed by atoms with Gasteiger partial charge in [0.25, 0.3) is 0 Å². The van der Waals surface area contributed by atoms with E-state index in [9.17, 15) is 4.79 Å². The van der Waals surface area contributed by atoms with Crippen LogP contribution < -0.4 is 0 Å². The van der Waals surface area contributed by atoms with E-state index in [1.54, 1.807) is 6.92 Å². The maximum atomic E-state index is 11.1. The van der Waals surface area contributed by atoms with Gasteiger partial charge in [-0.25, -0.2) is 0 Å². The number of ether oxygens (including phenoxy) is 1. The molecule has 0 saturated carbocycles. The van der Waals surface area contributed by atoms with Gasteiger partial charge < -0.3 is 4.74 Å². The number of hydrogen-bond acceptors (Lipinski definition) is 2. The molecule has 0 bridgehead atoms. The number of carbonyl (C=O) groups is 1. The highest BCUT2D eigenvalue weighted by Gasteiger charge is 2.29. The van der Waals surface area contributed by atoms with E-state index in [1.807, 2.05) is 13.8 Å². The van der Waals surface area contributed by atoms with Crippen LogP contribution in [-0.2, 0) is 9.53 Å². The minimum absolute atomic E-state index is 0.316. The average Bonchev–Trinajstić information content (AvgIpc) is 2.00. The summed E-state index contributed by atoms with van der Waals surface area (Å²) in [6.45, 7) is 5.94. The van der Waals surface area contributed by atoms with Gasteiger partial charge in [0.2, 0.25) is 0 Å². The number of alkyl halides is 1. The molecule has 3 heteroatoms. The van der Waals surface area contributed by atoms with Gasteiger partial charge in [-0.3, -0.25) is 4.79 Å². The molecule has 1 atom stereocenters. The Morgan fingerprint density at radius 3 is 2.45 bits per heavy atom. The van der Waals surface area contributed by atoms with Crippen LogP contribution in [0.4, 0.5) is 0 Å². The fourth-order valence-corrected chi connectivity index (χ4v) is 0.544. The molecular weight excluding hydrogens is 164 g/mol. The average molecular weight is 179 g/mol. The van der Waals surface area contributed by atoms with Crippen molar-refractivity contribution in [1.82, 2.24) is 0 Å². The lowest BCUT2D eigenvalue weighted by molar-refractivity contribution is -0.146. The second-order valence-electron chi connectivity index (χ2n) is 2.69. The van der Waals surface area contributed by atoms with Gasteiger partial charge in [0.15, 0.2) is 0 Å². The highest BCUT2D eigenvalue weighted by atomic mass is 35.5. The standard InChI is InChI=1S/C8H15ClO2/c1-4-6-11-7(10)8(3,9)5-2/h4-6H2,1-3H3. The van der Waals surface area contributed by atoms with Gasteiger partial charge >= 0.3 is 5.97 Å². The number of hydrogen-bond donors (Lipinski definition) is 0. The Morgan fingerprint density at radius 1 is 1.55 bits per heavy atom. The predicted molar refractivity (Wildman–Crippen MR) is 45.8 cm³/mol. The fraction of sp³-hybridized carbons (Fsp3) is 0.875. The summed E-state index contributed by atoms with van der Waals surface area (Å²) in [5.74, 6) is -0.316. The van der Waals surface area contributed by atoms with E-state index in [-0.39, 0.29) is 5.97 Å². The molecule has 0 radical (unpaired) electrons. The molecule has 0 saturated heterocycles. The normalized spacial score (nSPS) is 15.6. The molecule has 1 unspecified atom stereocenters. The van der Waals surface area contributed by atoms with Gasteiger partial charge in [0.05, 0.1) is 6.61 Å². The first-order valence-corrected chi connectivity index (χ1v) is 4.28. The Kier molecular flexibility index (Phi) is 4.50. The lowest BCUT2D eigenvalue weighted by Crippen LogP contribution is -2.30. The van der Waals surface area contributed by atoms with Crippen LogP contribution in [0.3, 0.4) is 0 Å². The van der Waals surface area contributed by atoms with E-state index in [2.05, 4.69) is 0 Å². The zero-order chi connectivity index (χ0) is 8.91. The lowest BCUT2D eigenvalue weighted by atomic mass is 10.1. The second kappa shape index (κ2) is 4.60. The Balaban J connectivity index is 3.82. The quantitative estimate of drug-likeness (QED) is 0.488. The molecule has 0 aromatic heterocycles. The van der Waals surface area contributed by atoms with Gasteiger partial charge in [0, 0.05) is 0 Å². The van der Waals surface area contributed by atoms with E-state index in [1.165, 1.54) is 0 Å². The Morgan fingerprint density at radius 2 is 2.09 bits per heavy atom. The van der Waals surface area contributed by atoms with Crippen molar-refractivity contribution in [1.29, 1.82) is 0 Å². The third-order valence-corrected chi connectivity index (χ3v) is 1.95. The number of carbonyl (C=O) groups excluding carboxylic acids is 1. The zero-order valence-electron chi connectivity index (χ0n) is 7.32. The molecule has 0 aliphatic heterocycles. The molecule has 0 aromatic carbocycles. The fourth-order valence-electron chi connectivity index (χ4n) is 0.490. The van der Waals surface area contributed by atoms with Gasteiger partial charge in [-0.2, -0.15) is 0 Å². The highest BCUT2D eigenvalue weighted by molar-refractivity contribution is 6.33. The van der Waals surface area contributed by atoms with E-state index >= 15 is 0 Å². The third-order valence-electron chi connectivity index (χ3n) is 1.53. The maximum Gasteiger partial charge on any atom is 0.326 e. The van der Waals surface area contributed by atoms with Crippen LogP contribution in [0.2, 0.25) is 0 Å². The van der Waals surface area contributed by atoms with Crippen molar-refractivity contribution in [2.45, 2.75) is 38.5 Å². The van der Waals surface area contributed by atoms with Crippen molar-refractivity contribution in [2.75, 3.05) is 6.61 Å².